The molecule has 0 unspecified atom stereocenters. The van der Waals surface area contributed by atoms with E-state index >= 15 is 0 Å². The van der Waals surface area contributed by atoms with Gasteiger partial charge in [0.05, 0.1) is 18.6 Å². The number of aromatic amines is 1. The van der Waals surface area contributed by atoms with Crippen LogP contribution in [0.3, 0.4) is 0 Å². The highest BCUT2D eigenvalue weighted by molar-refractivity contribution is 5.98. The number of hydrogen-bond acceptors (Lipinski definition) is 12. The molecule has 16 N–H and O–H groups in total. The van der Waals surface area contributed by atoms with Crippen LogP contribution in [0.15, 0.2) is 121 Å². The van der Waals surface area contributed by atoms with Gasteiger partial charge in [-0.25, -0.2) is 0 Å². The Balaban J connectivity index is 1.44. The number of unbranched alkanes of at least 4 members (excludes halogenated alkanes) is 1. The van der Waals surface area contributed by atoms with Crippen molar-refractivity contribution in [1.29, 1.82) is 0 Å². The SMILES string of the molecule is C[C@@H](O)[C@H](NC(=O)[C@H](CCCCN)NC(=O)[C@@H](Cc1c[nH]c2ccccc12)NC(=O)[C@H](Cc1ccccc1)NC(=O)[C@H](Cc1ccccc1)NC(=O)[C@@H](N)CC(N)=O)C(=O)N[C@@H](Cc1ccccc1)C(=O)NCC(=O)O. The van der Waals surface area contributed by atoms with Crippen LogP contribution in [0.25, 0.3) is 10.9 Å². The minimum Gasteiger partial charge on any atom is -0.480 e. The number of aliphatic hydroxyl groups excluding tert-OH is 1. The zero-order valence-corrected chi connectivity index (χ0v) is 42.0. The predicted molar refractivity (Wildman–Crippen MR) is 281 cm³/mol. The number of H-pyrrole nitrogens is 1. The van der Waals surface area contributed by atoms with Crippen LogP contribution in [0.2, 0.25) is 0 Å². The molecule has 1 heterocycles. The van der Waals surface area contributed by atoms with Crippen molar-refractivity contribution in [2.24, 2.45) is 17.2 Å². The van der Waals surface area contributed by atoms with Crippen molar-refractivity contribution in [2.75, 3.05) is 13.1 Å². The summed E-state index contributed by atoms with van der Waals surface area (Å²) in [5.41, 5.74) is 20.3. The summed E-state index contributed by atoms with van der Waals surface area (Å²) in [7, 11) is 0. The molecule has 1 aromatic heterocycles. The van der Waals surface area contributed by atoms with Crippen LogP contribution < -0.4 is 54.4 Å². The number of amides is 8. The van der Waals surface area contributed by atoms with Gasteiger partial charge >= 0.3 is 5.97 Å². The fraction of sp³-hybridized carbons (Fsp3) is 0.352. The molecular weight excluding hydrogens is 979 g/mol. The molecule has 0 bridgehead atoms. The van der Waals surface area contributed by atoms with Crippen LogP contribution in [0, 0.1) is 0 Å². The summed E-state index contributed by atoms with van der Waals surface area (Å²) in [5.74, 6) is -8.19. The van der Waals surface area contributed by atoms with E-state index in [2.05, 4.69) is 42.2 Å². The van der Waals surface area contributed by atoms with Gasteiger partial charge in [-0.05, 0) is 61.1 Å². The Morgan fingerprint density at radius 2 is 0.974 bits per heavy atom. The second-order valence-electron chi connectivity index (χ2n) is 18.3. The first kappa shape index (κ1) is 58.4. The van der Waals surface area contributed by atoms with Gasteiger partial charge in [-0.2, -0.15) is 0 Å². The smallest absolute Gasteiger partial charge is 0.322 e. The van der Waals surface area contributed by atoms with Gasteiger partial charge in [-0.1, -0.05) is 109 Å². The van der Waals surface area contributed by atoms with Gasteiger partial charge in [0.2, 0.25) is 47.3 Å². The van der Waals surface area contributed by atoms with E-state index in [9.17, 15) is 53.4 Å². The minimum absolute atomic E-state index is 0.0186. The number of aliphatic carboxylic acids is 1. The Hall–Kier alpha value is -8.47. The summed E-state index contributed by atoms with van der Waals surface area (Å²) in [6.45, 7) is 0.727. The van der Waals surface area contributed by atoms with Crippen LogP contribution in [0.5, 0.6) is 0 Å². The molecule has 5 rings (SSSR count). The van der Waals surface area contributed by atoms with Gasteiger partial charge in [0, 0.05) is 42.8 Å². The largest absolute Gasteiger partial charge is 0.480 e. The topological polar surface area (TPSA) is 372 Å². The van der Waals surface area contributed by atoms with E-state index < -0.39 is 115 Å². The molecule has 0 spiro atoms. The Morgan fingerprint density at radius 1 is 0.539 bits per heavy atom. The number of benzene rings is 4. The van der Waals surface area contributed by atoms with Gasteiger partial charge in [0.25, 0.3) is 0 Å². The zero-order chi connectivity index (χ0) is 55.1. The van der Waals surface area contributed by atoms with Crippen LogP contribution in [-0.2, 0) is 68.8 Å². The Labute approximate surface area is 439 Å². The van der Waals surface area contributed by atoms with Crippen molar-refractivity contribution in [3.63, 3.8) is 0 Å². The predicted octanol–water partition coefficient (Wildman–Crippen LogP) is -0.739. The molecule has 0 fully saturated rings. The van der Waals surface area contributed by atoms with Crippen LogP contribution in [0.4, 0.5) is 0 Å². The normalized spacial score (nSPS) is 14.2. The number of hydrogen-bond donors (Lipinski definition) is 13. The number of carbonyl (C=O) groups is 9. The molecule has 8 amide bonds. The lowest BCUT2D eigenvalue weighted by Crippen LogP contribution is -2.62. The lowest BCUT2D eigenvalue weighted by Gasteiger charge is -2.28. The molecule has 5 aromatic rings. The van der Waals surface area contributed by atoms with E-state index in [0.717, 1.165) is 10.9 Å². The first-order valence-electron chi connectivity index (χ1n) is 24.8. The van der Waals surface area contributed by atoms with E-state index in [1.54, 1.807) is 103 Å². The van der Waals surface area contributed by atoms with Crippen molar-refractivity contribution in [2.45, 2.75) is 107 Å². The summed E-state index contributed by atoms with van der Waals surface area (Å²) in [6.07, 6.45) is -0.0187. The standard InChI is InChI=1S/C54H67N11O11/c1-32(66)47(54(76)64-41(49(71)59-31-46(68)69)25-33-15-5-2-6-16-33)65-50(72)40(23-13-14-24-55)60-53(75)44(28-36-30-58-39-22-12-11-21-37(36)39)63-52(74)43(27-35-19-9-4-10-20-35)62-51(73)42(26-34-17-7-3-8-18-34)61-48(70)38(56)29-45(57)67/h2-12,15-22,30,32,38,40-44,47,58,66H,13-14,23-29,31,55-56H2,1H3,(H2,57,67)(H,59,71)(H,60,75)(H,61,70)(H,62,73)(H,63,74)(H,64,76)(H,65,72)(H,68,69)/t32-,38+,40+,41+,42+,43+,44-,47+/m1/s1. The molecule has 0 aliphatic carbocycles. The summed E-state index contributed by atoms with van der Waals surface area (Å²) in [5, 5.41) is 39.0. The maximum Gasteiger partial charge on any atom is 0.322 e. The van der Waals surface area contributed by atoms with E-state index in [0.29, 0.717) is 35.1 Å². The average Bonchev–Trinajstić information content (AvgIpc) is 3.81. The maximum atomic E-state index is 14.8. The molecule has 22 nitrogen and oxygen atoms in total. The quantitative estimate of drug-likeness (QED) is 0.0253. The number of aliphatic hydroxyl groups is 1. The van der Waals surface area contributed by atoms with Crippen LogP contribution in [-0.4, -0.2) is 130 Å². The Kier molecular flexibility index (Phi) is 22.6. The third-order valence-electron chi connectivity index (χ3n) is 12.3. The van der Waals surface area contributed by atoms with Crippen LogP contribution >= 0.6 is 0 Å². The van der Waals surface area contributed by atoms with Crippen molar-refractivity contribution in [3.8, 4) is 0 Å². The first-order chi connectivity index (χ1) is 36.4. The number of para-hydroxylation sites is 1. The number of nitrogens with two attached hydrogens (primary N) is 3. The first-order valence-corrected chi connectivity index (χ1v) is 24.8. The molecule has 0 aliphatic rings. The van der Waals surface area contributed by atoms with E-state index in [1.807, 2.05) is 18.2 Å². The second kappa shape index (κ2) is 29.4. The average molecular weight is 1050 g/mol. The summed E-state index contributed by atoms with van der Waals surface area (Å²) in [6, 6.07) is 23.3. The summed E-state index contributed by atoms with van der Waals surface area (Å²) < 4.78 is 0. The fourth-order valence-corrected chi connectivity index (χ4v) is 8.28. The molecule has 8 atom stereocenters. The van der Waals surface area contributed by atoms with Crippen molar-refractivity contribution >= 4 is 64.1 Å². The molecule has 0 saturated carbocycles. The van der Waals surface area contributed by atoms with Gasteiger partial charge in [-0.15, -0.1) is 0 Å². The second-order valence-corrected chi connectivity index (χ2v) is 18.3. The fourth-order valence-electron chi connectivity index (χ4n) is 8.28. The molecule has 22 heteroatoms. The Morgan fingerprint density at radius 3 is 1.46 bits per heavy atom. The van der Waals surface area contributed by atoms with Crippen LogP contribution in [0.1, 0.15) is 54.9 Å². The number of carbonyl (C=O) groups excluding carboxylic acids is 8. The number of fused-ring (bicyclic) bond motifs is 1. The maximum absolute atomic E-state index is 14.8. The molecule has 0 radical (unpaired) electrons. The number of carboxylic acid groups (broad SMARTS) is 1. The molecule has 0 aliphatic heterocycles. The van der Waals surface area contributed by atoms with Gasteiger partial charge in [0.15, 0.2) is 0 Å². The highest BCUT2D eigenvalue weighted by Crippen LogP contribution is 2.20. The van der Waals surface area contributed by atoms with Gasteiger partial charge < -0.3 is 69.6 Å². The number of rotatable bonds is 30. The highest BCUT2D eigenvalue weighted by atomic mass is 16.4. The molecule has 76 heavy (non-hydrogen) atoms. The van der Waals surface area contributed by atoms with Crippen molar-refractivity contribution in [1.82, 2.24) is 42.2 Å². The molecule has 4 aromatic carbocycles. The number of primary amides is 1. The zero-order valence-electron chi connectivity index (χ0n) is 42.0. The minimum atomic E-state index is -1.69. The lowest BCUT2D eigenvalue weighted by atomic mass is 10.00. The van der Waals surface area contributed by atoms with E-state index in [4.69, 9.17) is 17.2 Å². The molecule has 0 saturated heterocycles. The van der Waals surface area contributed by atoms with Crippen molar-refractivity contribution in [3.05, 3.63) is 144 Å². The number of carboxylic acids is 1. The van der Waals surface area contributed by atoms with Crippen molar-refractivity contribution < 1.29 is 53.4 Å². The third-order valence-corrected chi connectivity index (χ3v) is 12.3. The van der Waals surface area contributed by atoms with E-state index in [-0.39, 0.29) is 38.6 Å². The lowest BCUT2D eigenvalue weighted by molar-refractivity contribution is -0.139. The number of aromatic nitrogens is 1. The van der Waals surface area contributed by atoms with Gasteiger partial charge in [-0.3, -0.25) is 43.2 Å². The summed E-state index contributed by atoms with van der Waals surface area (Å²) >= 11 is 0. The van der Waals surface area contributed by atoms with Gasteiger partial charge in [0.1, 0.15) is 42.8 Å². The number of nitrogens with one attached hydrogen (secondary N) is 8. The molecular formula is C54H67N11O11. The summed E-state index contributed by atoms with van der Waals surface area (Å²) in [4.78, 5) is 125. The Bertz CT molecular complexity index is 2760. The highest BCUT2D eigenvalue weighted by Gasteiger charge is 2.36. The third kappa shape index (κ3) is 18.5. The monoisotopic (exact) mass is 1050 g/mol. The molecule has 404 valence electrons. The van der Waals surface area contributed by atoms with E-state index in [1.165, 1.54) is 6.92 Å².